The average Bonchev–Trinajstić information content (AvgIpc) is 3.54. The number of carbonyl (C=O) groups excluding carboxylic acids is 1. The molecule has 9 heteroatoms. The van der Waals surface area contributed by atoms with Gasteiger partial charge in [-0.3, -0.25) is 0 Å². The van der Waals surface area contributed by atoms with E-state index in [1.807, 2.05) is 0 Å². The minimum absolute atomic E-state index is 0.140. The molecule has 1 aromatic carbocycles. The van der Waals surface area contributed by atoms with Gasteiger partial charge in [0.05, 0.1) is 23.3 Å². The summed E-state index contributed by atoms with van der Waals surface area (Å²) >= 11 is 0. The lowest BCUT2D eigenvalue weighted by Gasteiger charge is -2.41. The summed E-state index contributed by atoms with van der Waals surface area (Å²) in [6.07, 6.45) is 0.666. The number of aliphatic hydroxyl groups excluding tert-OH is 1. The summed E-state index contributed by atoms with van der Waals surface area (Å²) in [5.74, 6) is 0.528. The molecule has 1 N–H and O–H groups in total. The van der Waals surface area contributed by atoms with E-state index in [-0.39, 0.29) is 23.4 Å². The monoisotopic (exact) mass is 477 g/mol. The Morgan fingerprint density at radius 1 is 1.06 bits per heavy atom. The highest BCUT2D eigenvalue weighted by Gasteiger charge is 2.39. The quantitative estimate of drug-likeness (QED) is 0.673. The molecule has 1 aliphatic carbocycles. The van der Waals surface area contributed by atoms with Crippen molar-refractivity contribution in [3.05, 3.63) is 52.7 Å². The third-order valence-corrected chi connectivity index (χ3v) is 7.38. The van der Waals surface area contributed by atoms with Crippen LogP contribution in [0.4, 0.5) is 18.0 Å². The van der Waals surface area contributed by atoms with Crippen molar-refractivity contribution in [3.8, 4) is 0 Å². The predicted octanol–water partition coefficient (Wildman–Crippen LogP) is 5.03. The van der Waals surface area contributed by atoms with Crippen LogP contribution in [0.2, 0.25) is 0 Å². The summed E-state index contributed by atoms with van der Waals surface area (Å²) in [4.78, 5) is 21.5. The molecule has 2 aromatic rings. The summed E-state index contributed by atoms with van der Waals surface area (Å²) in [6.45, 7) is 3.16. The third kappa shape index (κ3) is 4.80. The van der Waals surface area contributed by atoms with Gasteiger partial charge < -0.3 is 19.3 Å². The molecule has 2 aliphatic heterocycles. The first kappa shape index (κ1) is 23.2. The summed E-state index contributed by atoms with van der Waals surface area (Å²) in [6, 6.07) is 4.34. The lowest BCUT2D eigenvalue weighted by molar-refractivity contribution is -0.138. The molecule has 2 saturated heterocycles. The number of likely N-dealkylation sites (tertiary alicyclic amines) is 2. The van der Waals surface area contributed by atoms with Gasteiger partial charge in [0, 0.05) is 38.0 Å². The van der Waals surface area contributed by atoms with Gasteiger partial charge in [0.25, 0.3) is 0 Å². The van der Waals surface area contributed by atoms with Crippen LogP contribution in [0.1, 0.15) is 78.1 Å². The van der Waals surface area contributed by atoms with Gasteiger partial charge in [-0.15, -0.1) is 0 Å². The first-order chi connectivity index (χ1) is 16.2. The van der Waals surface area contributed by atoms with E-state index in [1.54, 1.807) is 22.1 Å². The number of rotatable bonds is 3. The Morgan fingerprint density at radius 2 is 1.76 bits per heavy atom. The van der Waals surface area contributed by atoms with Gasteiger partial charge >= 0.3 is 12.2 Å². The normalized spacial score (nSPS) is 24.5. The van der Waals surface area contributed by atoms with Crippen molar-refractivity contribution < 1.29 is 27.5 Å². The number of halogens is 3. The Morgan fingerprint density at radius 3 is 2.44 bits per heavy atom. The van der Waals surface area contributed by atoms with Crippen LogP contribution in [0.5, 0.6) is 0 Å². The molecule has 3 aliphatic rings. The second-order valence-corrected chi connectivity index (χ2v) is 9.99. The SMILES string of the molecule is Cc1ccc(C2CC(c3nc(C4CC4)co3)CN(C(=O)N3CCC(O)CC3)C2)cc1C(F)(F)F. The summed E-state index contributed by atoms with van der Waals surface area (Å²) in [5.41, 5.74) is 1.05. The maximum Gasteiger partial charge on any atom is 0.416 e. The molecule has 0 radical (unpaired) electrons. The van der Waals surface area contributed by atoms with E-state index in [2.05, 4.69) is 4.98 Å². The number of hydrogen-bond donors (Lipinski definition) is 1. The van der Waals surface area contributed by atoms with Gasteiger partial charge in [0.1, 0.15) is 6.26 Å². The third-order valence-electron chi connectivity index (χ3n) is 7.38. The van der Waals surface area contributed by atoms with Crippen molar-refractivity contribution >= 4 is 6.03 Å². The zero-order valence-corrected chi connectivity index (χ0v) is 19.2. The Hall–Kier alpha value is -2.55. The van der Waals surface area contributed by atoms with Gasteiger partial charge in [-0.25, -0.2) is 9.78 Å². The van der Waals surface area contributed by atoms with E-state index in [9.17, 15) is 23.1 Å². The van der Waals surface area contributed by atoms with Gasteiger partial charge in [0.15, 0.2) is 5.89 Å². The summed E-state index contributed by atoms with van der Waals surface area (Å²) in [7, 11) is 0. The number of alkyl halides is 3. The Labute approximate surface area is 196 Å². The molecule has 0 bridgehead atoms. The second-order valence-electron chi connectivity index (χ2n) is 9.99. The number of aromatic nitrogens is 1. The molecule has 0 spiro atoms. The summed E-state index contributed by atoms with van der Waals surface area (Å²) < 4.78 is 46.6. The predicted molar refractivity (Wildman–Crippen MR) is 119 cm³/mol. The van der Waals surface area contributed by atoms with Gasteiger partial charge in [0.2, 0.25) is 0 Å². The fraction of sp³-hybridized carbons (Fsp3) is 0.600. The Bertz CT molecular complexity index is 1040. The van der Waals surface area contributed by atoms with Crippen LogP contribution in [0.15, 0.2) is 28.9 Å². The van der Waals surface area contributed by atoms with Crippen LogP contribution < -0.4 is 0 Å². The molecule has 1 saturated carbocycles. The van der Waals surface area contributed by atoms with Crippen molar-refractivity contribution in [1.82, 2.24) is 14.8 Å². The molecule has 5 rings (SSSR count). The summed E-state index contributed by atoms with van der Waals surface area (Å²) in [5, 5.41) is 9.80. The zero-order chi connectivity index (χ0) is 24.0. The van der Waals surface area contributed by atoms with E-state index < -0.39 is 17.8 Å². The van der Waals surface area contributed by atoms with Crippen LogP contribution in [-0.2, 0) is 6.18 Å². The standard InChI is InChI=1S/C25H30F3N3O3/c1-15-2-3-17(11-21(15)25(26,27)28)18-10-19(23-29-22(14-34-23)16-4-5-16)13-31(12-18)24(33)30-8-6-20(32)7-9-30/h2-3,11,14,16,18-20,32H,4-10,12-13H2,1H3. The van der Waals surface area contributed by atoms with Crippen LogP contribution in [-0.4, -0.2) is 58.2 Å². The number of nitrogens with zero attached hydrogens (tertiary/aromatic N) is 3. The van der Waals surface area contributed by atoms with Crippen molar-refractivity contribution in [1.29, 1.82) is 0 Å². The highest BCUT2D eigenvalue weighted by molar-refractivity contribution is 5.75. The molecule has 1 aromatic heterocycles. The molecule has 184 valence electrons. The lowest BCUT2D eigenvalue weighted by Crippen LogP contribution is -2.51. The van der Waals surface area contributed by atoms with Crippen LogP contribution in [0.3, 0.4) is 0 Å². The number of hydrogen-bond acceptors (Lipinski definition) is 4. The second kappa shape index (κ2) is 8.91. The van der Waals surface area contributed by atoms with Crippen molar-refractivity contribution in [3.63, 3.8) is 0 Å². The van der Waals surface area contributed by atoms with Gasteiger partial charge in [-0.05, 0) is 56.2 Å². The molecule has 3 heterocycles. The smallest absolute Gasteiger partial charge is 0.416 e. The van der Waals surface area contributed by atoms with Crippen molar-refractivity contribution in [2.45, 2.75) is 69.1 Å². The van der Waals surface area contributed by atoms with E-state index in [0.29, 0.717) is 62.8 Å². The maximum absolute atomic E-state index is 13.6. The number of urea groups is 1. The van der Waals surface area contributed by atoms with E-state index in [0.717, 1.165) is 18.5 Å². The van der Waals surface area contributed by atoms with Gasteiger partial charge in [-0.1, -0.05) is 12.1 Å². The number of piperidine rings is 2. The zero-order valence-electron chi connectivity index (χ0n) is 19.2. The van der Waals surface area contributed by atoms with Gasteiger partial charge in [-0.2, -0.15) is 13.2 Å². The van der Waals surface area contributed by atoms with E-state index >= 15 is 0 Å². The first-order valence-corrected chi connectivity index (χ1v) is 12.0. The van der Waals surface area contributed by atoms with Crippen molar-refractivity contribution in [2.24, 2.45) is 0 Å². The molecule has 34 heavy (non-hydrogen) atoms. The van der Waals surface area contributed by atoms with E-state index in [1.165, 1.54) is 19.1 Å². The molecule has 2 atom stereocenters. The van der Waals surface area contributed by atoms with Crippen LogP contribution in [0.25, 0.3) is 0 Å². The highest BCUT2D eigenvalue weighted by Crippen LogP contribution is 2.42. The number of aliphatic hydroxyl groups is 1. The van der Waals surface area contributed by atoms with Crippen LogP contribution >= 0.6 is 0 Å². The molecule has 6 nitrogen and oxygen atoms in total. The minimum Gasteiger partial charge on any atom is -0.448 e. The molecular formula is C25H30F3N3O3. The average molecular weight is 478 g/mol. The lowest BCUT2D eigenvalue weighted by atomic mass is 9.83. The Kier molecular flexibility index (Phi) is 6.08. The van der Waals surface area contributed by atoms with Crippen molar-refractivity contribution in [2.75, 3.05) is 26.2 Å². The topological polar surface area (TPSA) is 69.8 Å². The fourth-order valence-corrected chi connectivity index (χ4v) is 5.19. The molecular weight excluding hydrogens is 447 g/mol. The number of oxazole rings is 1. The molecule has 3 fully saturated rings. The van der Waals surface area contributed by atoms with Crippen LogP contribution in [0, 0.1) is 6.92 Å². The number of amides is 2. The molecule has 2 amide bonds. The fourth-order valence-electron chi connectivity index (χ4n) is 5.19. The number of carbonyl (C=O) groups is 1. The Balaban J connectivity index is 1.43. The minimum atomic E-state index is -4.43. The largest absolute Gasteiger partial charge is 0.448 e. The molecule has 2 unspecified atom stereocenters. The van der Waals surface area contributed by atoms with E-state index in [4.69, 9.17) is 4.42 Å². The highest BCUT2D eigenvalue weighted by atomic mass is 19.4. The number of aryl methyl sites for hydroxylation is 1. The maximum atomic E-state index is 13.6. The number of benzene rings is 1. The first-order valence-electron chi connectivity index (χ1n) is 12.0.